The maximum absolute atomic E-state index is 6.05. The van der Waals surface area contributed by atoms with E-state index in [1.165, 1.54) is 28.4 Å². The highest BCUT2D eigenvalue weighted by Crippen LogP contribution is 2.33. The minimum atomic E-state index is 0.416. The summed E-state index contributed by atoms with van der Waals surface area (Å²) in [6.07, 6.45) is 4.86. The minimum Gasteiger partial charge on any atom is -0.327 e. The maximum Gasteiger partial charge on any atom is 0.0931 e. The molecule has 1 aromatic rings. The van der Waals surface area contributed by atoms with Crippen LogP contribution in [0.4, 0.5) is 0 Å². The summed E-state index contributed by atoms with van der Waals surface area (Å²) >= 11 is 1.82. The molecule has 14 heavy (non-hydrogen) atoms. The monoisotopic (exact) mass is 210 g/mol. The first-order valence-electron chi connectivity index (χ1n) is 5.35. The summed E-state index contributed by atoms with van der Waals surface area (Å²) in [5, 5.41) is 1.26. The summed E-state index contributed by atoms with van der Waals surface area (Å²) in [5.74, 6) is 0.817. The van der Waals surface area contributed by atoms with E-state index < -0.39 is 0 Å². The Morgan fingerprint density at radius 1 is 1.50 bits per heavy atom. The van der Waals surface area contributed by atoms with E-state index in [2.05, 4.69) is 18.8 Å². The van der Waals surface area contributed by atoms with Crippen LogP contribution in [0.3, 0.4) is 0 Å². The second kappa shape index (κ2) is 3.99. The molecule has 1 aliphatic carbocycles. The Labute approximate surface area is 89.5 Å². The average molecular weight is 210 g/mol. The van der Waals surface area contributed by atoms with Gasteiger partial charge in [0.1, 0.15) is 0 Å². The van der Waals surface area contributed by atoms with Gasteiger partial charge in [-0.2, -0.15) is 0 Å². The van der Waals surface area contributed by atoms with Crippen molar-refractivity contribution in [2.45, 2.75) is 45.6 Å². The van der Waals surface area contributed by atoms with Crippen LogP contribution in [0.2, 0.25) is 0 Å². The molecule has 3 heteroatoms. The van der Waals surface area contributed by atoms with Crippen molar-refractivity contribution in [3.05, 3.63) is 15.6 Å². The molecule has 0 aliphatic heterocycles. The highest BCUT2D eigenvalue weighted by Gasteiger charge is 2.28. The van der Waals surface area contributed by atoms with Gasteiger partial charge in [-0.3, -0.25) is 0 Å². The van der Waals surface area contributed by atoms with Gasteiger partial charge < -0.3 is 5.73 Å². The topological polar surface area (TPSA) is 38.9 Å². The highest BCUT2D eigenvalue weighted by atomic mass is 32.1. The van der Waals surface area contributed by atoms with Crippen molar-refractivity contribution in [2.24, 2.45) is 11.7 Å². The smallest absolute Gasteiger partial charge is 0.0931 e. The molecule has 2 nitrogen and oxygen atoms in total. The standard InChI is InChI=1S/C11H18N2S/c1-7-8(2)14-11(13-7)6-5-10(12)9-3-4-9/h9-10H,3-6,12H2,1-2H3. The molecule has 0 radical (unpaired) electrons. The number of nitrogens with zero attached hydrogens (tertiary/aromatic N) is 1. The first-order valence-corrected chi connectivity index (χ1v) is 6.17. The molecule has 1 heterocycles. The van der Waals surface area contributed by atoms with Gasteiger partial charge in [-0.15, -0.1) is 11.3 Å². The summed E-state index contributed by atoms with van der Waals surface area (Å²) in [4.78, 5) is 5.87. The molecule has 78 valence electrons. The predicted molar refractivity (Wildman–Crippen MR) is 60.6 cm³/mol. The van der Waals surface area contributed by atoms with E-state index >= 15 is 0 Å². The van der Waals surface area contributed by atoms with Crippen LogP contribution in [0, 0.1) is 19.8 Å². The van der Waals surface area contributed by atoms with Crippen LogP contribution < -0.4 is 5.73 Å². The minimum absolute atomic E-state index is 0.416. The lowest BCUT2D eigenvalue weighted by molar-refractivity contribution is 0.549. The van der Waals surface area contributed by atoms with E-state index in [0.29, 0.717) is 6.04 Å². The zero-order valence-electron chi connectivity index (χ0n) is 8.92. The molecule has 1 aliphatic rings. The predicted octanol–water partition coefficient (Wildman–Crippen LogP) is 2.43. The van der Waals surface area contributed by atoms with E-state index in [4.69, 9.17) is 5.73 Å². The second-order valence-electron chi connectivity index (χ2n) is 4.29. The number of aromatic nitrogens is 1. The van der Waals surface area contributed by atoms with Crippen molar-refractivity contribution < 1.29 is 0 Å². The van der Waals surface area contributed by atoms with Crippen LogP contribution in [0.15, 0.2) is 0 Å². The highest BCUT2D eigenvalue weighted by molar-refractivity contribution is 7.11. The number of thiazole rings is 1. The summed E-state index contributed by atoms with van der Waals surface area (Å²) in [7, 11) is 0. The lowest BCUT2D eigenvalue weighted by atomic mass is 10.1. The number of rotatable bonds is 4. The van der Waals surface area contributed by atoms with Crippen LogP contribution in [0.5, 0.6) is 0 Å². The summed E-state index contributed by atoms with van der Waals surface area (Å²) in [6.45, 7) is 4.22. The Hall–Kier alpha value is -0.410. The molecule has 0 aromatic carbocycles. The van der Waals surface area contributed by atoms with Crippen LogP contribution in [-0.4, -0.2) is 11.0 Å². The van der Waals surface area contributed by atoms with Gasteiger partial charge in [0.25, 0.3) is 0 Å². The van der Waals surface area contributed by atoms with Crippen molar-refractivity contribution in [3.63, 3.8) is 0 Å². The SMILES string of the molecule is Cc1nc(CCC(N)C2CC2)sc1C. The Morgan fingerprint density at radius 3 is 2.71 bits per heavy atom. The van der Waals surface area contributed by atoms with Crippen molar-refractivity contribution in [2.75, 3.05) is 0 Å². The van der Waals surface area contributed by atoms with Crippen LogP contribution in [0.25, 0.3) is 0 Å². The summed E-state index contributed by atoms with van der Waals surface area (Å²) in [5.41, 5.74) is 7.23. The molecule has 1 aromatic heterocycles. The van der Waals surface area contributed by atoms with Gasteiger partial charge in [-0.05, 0) is 39.0 Å². The van der Waals surface area contributed by atoms with Crippen molar-refractivity contribution in [1.82, 2.24) is 4.98 Å². The Kier molecular flexibility index (Phi) is 2.88. The zero-order chi connectivity index (χ0) is 10.1. The Balaban J connectivity index is 1.84. The molecular weight excluding hydrogens is 192 g/mol. The summed E-state index contributed by atoms with van der Waals surface area (Å²) in [6, 6.07) is 0.416. The third-order valence-electron chi connectivity index (χ3n) is 2.99. The molecule has 1 unspecified atom stereocenters. The largest absolute Gasteiger partial charge is 0.327 e. The molecule has 2 N–H and O–H groups in total. The van der Waals surface area contributed by atoms with Gasteiger partial charge in [-0.1, -0.05) is 0 Å². The van der Waals surface area contributed by atoms with Gasteiger partial charge in [0.05, 0.1) is 10.7 Å². The maximum atomic E-state index is 6.05. The molecule has 2 rings (SSSR count). The lowest BCUT2D eigenvalue weighted by Gasteiger charge is -2.07. The molecule has 0 saturated heterocycles. The van der Waals surface area contributed by atoms with Crippen molar-refractivity contribution >= 4 is 11.3 Å². The number of hydrogen-bond donors (Lipinski definition) is 1. The van der Waals surface area contributed by atoms with E-state index in [-0.39, 0.29) is 0 Å². The Morgan fingerprint density at radius 2 is 2.21 bits per heavy atom. The molecule has 0 bridgehead atoms. The Bertz CT molecular complexity index is 296. The van der Waals surface area contributed by atoms with Crippen LogP contribution in [0.1, 0.15) is 34.8 Å². The second-order valence-corrected chi connectivity index (χ2v) is 5.58. The number of nitrogens with two attached hydrogens (primary N) is 1. The number of hydrogen-bond acceptors (Lipinski definition) is 3. The van der Waals surface area contributed by atoms with Gasteiger partial charge in [0.2, 0.25) is 0 Å². The average Bonchev–Trinajstić information content (AvgIpc) is 2.92. The van der Waals surface area contributed by atoms with Crippen molar-refractivity contribution in [3.8, 4) is 0 Å². The fourth-order valence-corrected chi connectivity index (χ4v) is 2.65. The van der Waals surface area contributed by atoms with Crippen molar-refractivity contribution in [1.29, 1.82) is 0 Å². The summed E-state index contributed by atoms with van der Waals surface area (Å²) < 4.78 is 0. The fraction of sp³-hybridized carbons (Fsp3) is 0.727. The van der Waals surface area contributed by atoms with Gasteiger partial charge in [0, 0.05) is 17.3 Å². The van der Waals surface area contributed by atoms with E-state index in [0.717, 1.165) is 18.8 Å². The molecule has 1 atom stereocenters. The molecule has 0 amide bonds. The third kappa shape index (κ3) is 2.34. The van der Waals surface area contributed by atoms with Gasteiger partial charge in [-0.25, -0.2) is 4.98 Å². The van der Waals surface area contributed by atoms with Crippen LogP contribution in [-0.2, 0) is 6.42 Å². The molecule has 0 spiro atoms. The van der Waals surface area contributed by atoms with Crippen LogP contribution >= 0.6 is 11.3 Å². The third-order valence-corrected chi connectivity index (χ3v) is 4.12. The molecule has 1 saturated carbocycles. The van der Waals surface area contributed by atoms with E-state index in [1.54, 1.807) is 0 Å². The van der Waals surface area contributed by atoms with Gasteiger partial charge >= 0.3 is 0 Å². The fourth-order valence-electron chi connectivity index (χ4n) is 1.70. The molecule has 1 fully saturated rings. The van der Waals surface area contributed by atoms with E-state index in [1.807, 2.05) is 11.3 Å². The van der Waals surface area contributed by atoms with Gasteiger partial charge in [0.15, 0.2) is 0 Å². The quantitative estimate of drug-likeness (QED) is 0.829. The molecular formula is C11H18N2S. The zero-order valence-corrected chi connectivity index (χ0v) is 9.73. The first kappa shape index (κ1) is 10.1. The normalized spacial score (nSPS) is 18.5. The lowest BCUT2D eigenvalue weighted by Crippen LogP contribution is -2.22. The number of aryl methyl sites for hydroxylation is 3. The first-order chi connectivity index (χ1) is 6.66. The van der Waals surface area contributed by atoms with E-state index in [9.17, 15) is 0 Å².